The molecule has 0 bridgehead atoms. The lowest BCUT2D eigenvalue weighted by molar-refractivity contribution is -0.120. The molecule has 0 radical (unpaired) electrons. The molecule has 0 fully saturated rings. The fraction of sp³-hybridized carbons (Fsp3) is 0.226. The van der Waals surface area contributed by atoms with Crippen molar-refractivity contribution < 1.29 is 19.1 Å². The van der Waals surface area contributed by atoms with Gasteiger partial charge in [-0.05, 0) is 18.6 Å². The Kier molecular flexibility index (Phi) is 9.55. The number of amides is 1. The van der Waals surface area contributed by atoms with Crippen LogP contribution in [-0.4, -0.2) is 62.8 Å². The van der Waals surface area contributed by atoms with E-state index >= 15 is 0 Å². The van der Waals surface area contributed by atoms with Gasteiger partial charge in [0, 0.05) is 53.9 Å². The Labute approximate surface area is 253 Å². The first kappa shape index (κ1) is 29.9. The monoisotopic (exact) mass is 593 g/mol. The Morgan fingerprint density at radius 1 is 1.16 bits per heavy atom. The number of carbonyl (C=O) groups excluding carboxylic acids is 2. The summed E-state index contributed by atoms with van der Waals surface area (Å²) in [6, 6.07) is 15.2. The Balaban J connectivity index is 1.49. The zero-order valence-electron chi connectivity index (χ0n) is 24.1. The van der Waals surface area contributed by atoms with Gasteiger partial charge in [0.25, 0.3) is 12.4 Å². The van der Waals surface area contributed by atoms with Crippen molar-refractivity contribution in [3.63, 3.8) is 0 Å². The number of rotatable bonds is 14. The summed E-state index contributed by atoms with van der Waals surface area (Å²) in [5.74, 6) is 0.301. The average Bonchev–Trinajstić information content (AvgIpc) is 3.67. The predicted octanol–water partition coefficient (Wildman–Crippen LogP) is 3.33. The number of nitrogens with zero attached hydrogens (tertiary/aromatic N) is 6. The van der Waals surface area contributed by atoms with Gasteiger partial charge in [-0.1, -0.05) is 37.3 Å². The van der Waals surface area contributed by atoms with Crippen molar-refractivity contribution in [2.75, 3.05) is 31.6 Å². The molecule has 0 aliphatic heterocycles. The van der Waals surface area contributed by atoms with Gasteiger partial charge in [-0.15, -0.1) is 0 Å². The molecule has 5 aromatic rings. The highest BCUT2D eigenvalue weighted by atomic mass is 16.5. The van der Waals surface area contributed by atoms with Gasteiger partial charge in [0.15, 0.2) is 17.2 Å². The van der Waals surface area contributed by atoms with Gasteiger partial charge in [-0.25, -0.2) is 9.97 Å². The van der Waals surface area contributed by atoms with E-state index < -0.39 is 0 Å². The van der Waals surface area contributed by atoms with Crippen LogP contribution in [0.3, 0.4) is 0 Å². The third-order valence-corrected chi connectivity index (χ3v) is 6.82. The number of nitrogens with two attached hydrogens (primary N) is 1. The molecule has 3 heterocycles. The number of fused-ring (bicyclic) bond motifs is 1. The fourth-order valence-electron chi connectivity index (χ4n) is 4.90. The second-order valence-electron chi connectivity index (χ2n) is 9.54. The molecular weight excluding hydrogens is 562 g/mol. The lowest BCUT2D eigenvalue weighted by Crippen LogP contribution is -2.29. The molecule has 4 N–H and O–H groups in total. The summed E-state index contributed by atoms with van der Waals surface area (Å²) in [5.41, 5.74) is 10.4. The topological polar surface area (TPSA) is 174 Å². The molecule has 224 valence electrons. The number of nitriles is 1. The van der Waals surface area contributed by atoms with E-state index in [0.29, 0.717) is 73.2 Å². The maximum atomic E-state index is 13.0. The molecule has 0 aliphatic rings. The molecule has 0 aliphatic carbocycles. The number of benzene rings is 2. The molecule has 3 aromatic heterocycles. The van der Waals surface area contributed by atoms with Crippen molar-refractivity contribution in [1.29, 1.82) is 5.26 Å². The van der Waals surface area contributed by atoms with Gasteiger partial charge in [0.1, 0.15) is 12.2 Å². The average molecular weight is 594 g/mol. The van der Waals surface area contributed by atoms with Crippen LogP contribution in [0.25, 0.3) is 28.2 Å². The highest BCUT2D eigenvalue weighted by molar-refractivity contribution is 5.98. The van der Waals surface area contributed by atoms with E-state index in [9.17, 15) is 14.9 Å². The van der Waals surface area contributed by atoms with Crippen LogP contribution in [0.1, 0.15) is 22.8 Å². The molecule has 0 saturated heterocycles. The third-order valence-electron chi connectivity index (χ3n) is 6.82. The number of hydrogen-bond acceptors (Lipinski definition) is 10. The summed E-state index contributed by atoms with van der Waals surface area (Å²) in [6.07, 6.45) is 7.36. The summed E-state index contributed by atoms with van der Waals surface area (Å²) in [7, 11) is 0. The van der Waals surface area contributed by atoms with Crippen LogP contribution in [0.15, 0.2) is 67.3 Å². The van der Waals surface area contributed by atoms with Crippen molar-refractivity contribution in [3.05, 3.63) is 78.4 Å². The number of carbonyl (C=O) groups is 2. The zero-order valence-corrected chi connectivity index (χ0v) is 24.1. The summed E-state index contributed by atoms with van der Waals surface area (Å²) < 4.78 is 14.2. The second-order valence-corrected chi connectivity index (χ2v) is 9.54. The van der Waals surface area contributed by atoms with Gasteiger partial charge in [0.05, 0.1) is 36.9 Å². The highest BCUT2D eigenvalue weighted by Gasteiger charge is 2.21. The molecule has 5 rings (SSSR count). The van der Waals surface area contributed by atoms with Crippen molar-refractivity contribution >= 4 is 29.5 Å². The second kappa shape index (κ2) is 14.1. The van der Waals surface area contributed by atoms with E-state index in [2.05, 4.69) is 31.8 Å². The van der Waals surface area contributed by atoms with Crippen molar-refractivity contribution in [3.8, 4) is 34.3 Å². The maximum Gasteiger partial charge on any atom is 0.298 e. The van der Waals surface area contributed by atoms with Crippen LogP contribution in [0.4, 0.5) is 11.5 Å². The van der Waals surface area contributed by atoms with Crippen LogP contribution in [0.2, 0.25) is 0 Å². The van der Waals surface area contributed by atoms with Crippen molar-refractivity contribution in [2.45, 2.75) is 19.9 Å². The number of aromatic nitrogens is 5. The van der Waals surface area contributed by atoms with E-state index in [4.69, 9.17) is 15.2 Å². The fourth-order valence-corrected chi connectivity index (χ4v) is 4.90. The molecular formula is C31H31N9O4. The minimum Gasteiger partial charge on any atom is -0.426 e. The molecule has 0 unspecified atom stereocenters. The molecule has 0 spiro atoms. The van der Waals surface area contributed by atoms with Gasteiger partial charge in [-0.2, -0.15) is 10.4 Å². The first-order valence-electron chi connectivity index (χ1n) is 14.0. The summed E-state index contributed by atoms with van der Waals surface area (Å²) >= 11 is 0. The van der Waals surface area contributed by atoms with E-state index in [1.54, 1.807) is 35.4 Å². The summed E-state index contributed by atoms with van der Waals surface area (Å²) in [6.45, 7) is 3.74. The lowest BCUT2D eigenvalue weighted by atomic mass is 10.0. The SMILES string of the molecule is CCc1c(C(=O)NCCOCCN)ccc(Nc2nccn3c(-c4cn(CC#N)nc4-c4ccccc4)cnc23)c1OC=O. The highest BCUT2D eigenvalue weighted by Crippen LogP contribution is 2.36. The first-order valence-corrected chi connectivity index (χ1v) is 14.0. The standard InChI is InChI=1S/C31H31N9O4/c1-2-22-23(31(42)35-13-17-43-16-11-33)8-9-25(28(22)44-20-41)37-29-30-36-18-26(40(30)15-12-34-29)24-19-39(14-10-32)38-27(24)21-6-4-3-5-7-21/h3-9,12,15,18-20H,2,11,13-14,16-17,33H2,1H3,(H,34,37)(H,35,42). The Hall–Kier alpha value is -5.58. The van der Waals surface area contributed by atoms with Gasteiger partial charge >= 0.3 is 0 Å². The molecule has 13 nitrogen and oxygen atoms in total. The normalized spacial score (nSPS) is 10.8. The van der Waals surface area contributed by atoms with Crippen LogP contribution >= 0.6 is 0 Å². The number of imidazole rings is 1. The minimum atomic E-state index is -0.315. The number of hydrogen-bond donors (Lipinski definition) is 3. The lowest BCUT2D eigenvalue weighted by Gasteiger charge is -2.17. The number of nitrogens with one attached hydrogen (secondary N) is 2. The molecule has 1 amide bonds. The zero-order chi connectivity index (χ0) is 30.9. The number of anilines is 2. The molecule has 0 saturated carbocycles. The summed E-state index contributed by atoms with van der Waals surface area (Å²) in [5, 5.41) is 20.0. The van der Waals surface area contributed by atoms with Gasteiger partial charge < -0.3 is 25.8 Å². The summed E-state index contributed by atoms with van der Waals surface area (Å²) in [4.78, 5) is 33.6. The van der Waals surface area contributed by atoms with E-state index in [1.807, 2.05) is 47.9 Å². The largest absolute Gasteiger partial charge is 0.426 e. The third kappa shape index (κ3) is 6.26. The van der Waals surface area contributed by atoms with Crippen molar-refractivity contribution in [2.24, 2.45) is 5.73 Å². The predicted molar refractivity (Wildman–Crippen MR) is 163 cm³/mol. The first-order chi connectivity index (χ1) is 21.6. The van der Waals surface area contributed by atoms with Crippen LogP contribution in [0.5, 0.6) is 5.75 Å². The molecule has 2 aromatic carbocycles. The van der Waals surface area contributed by atoms with Gasteiger partial charge in [0.2, 0.25) is 0 Å². The molecule has 44 heavy (non-hydrogen) atoms. The number of ether oxygens (including phenoxy) is 2. The molecule has 0 atom stereocenters. The maximum absolute atomic E-state index is 13.0. The Morgan fingerprint density at radius 3 is 2.75 bits per heavy atom. The Bertz CT molecular complexity index is 1810. The van der Waals surface area contributed by atoms with Crippen LogP contribution < -0.4 is 21.1 Å². The minimum absolute atomic E-state index is 0.0975. The molecule has 13 heteroatoms. The van der Waals surface area contributed by atoms with Gasteiger partial charge in [-0.3, -0.25) is 18.7 Å². The smallest absolute Gasteiger partial charge is 0.298 e. The van der Waals surface area contributed by atoms with E-state index in [0.717, 1.165) is 16.8 Å². The Morgan fingerprint density at radius 2 is 2.00 bits per heavy atom. The van der Waals surface area contributed by atoms with Crippen molar-refractivity contribution in [1.82, 2.24) is 29.5 Å². The van der Waals surface area contributed by atoms with E-state index in [1.165, 1.54) is 0 Å². The van der Waals surface area contributed by atoms with Crippen LogP contribution in [0, 0.1) is 11.3 Å². The quantitative estimate of drug-likeness (QED) is 0.128. The van der Waals surface area contributed by atoms with Crippen LogP contribution in [-0.2, 0) is 22.5 Å². The van der Waals surface area contributed by atoms with E-state index in [-0.39, 0.29) is 18.2 Å².